The van der Waals surface area contributed by atoms with E-state index in [1.165, 1.54) is 4.90 Å². The van der Waals surface area contributed by atoms with Gasteiger partial charge in [0.15, 0.2) is 12.4 Å². The summed E-state index contributed by atoms with van der Waals surface area (Å²) in [5.41, 5.74) is 3.11. The van der Waals surface area contributed by atoms with Gasteiger partial charge in [-0.3, -0.25) is 19.5 Å². The fraction of sp³-hybridized carbons (Fsp3) is 0.227. The van der Waals surface area contributed by atoms with Crippen molar-refractivity contribution in [3.05, 3.63) is 59.2 Å². The molecule has 3 heterocycles. The number of benzene rings is 2. The largest absolute Gasteiger partial charge is 0.479 e. The Morgan fingerprint density at radius 2 is 2.07 bits per heavy atom. The lowest BCUT2D eigenvalue weighted by Crippen LogP contribution is -2.48. The van der Waals surface area contributed by atoms with Gasteiger partial charge in [0.05, 0.1) is 10.7 Å². The Hall–Kier alpha value is -3.12. The number of fused-ring (bicyclic) bond motifs is 4. The molecule has 2 amide bonds. The van der Waals surface area contributed by atoms with E-state index in [1.54, 1.807) is 23.2 Å². The Morgan fingerprint density at radius 3 is 2.93 bits per heavy atom. The Labute approximate surface area is 172 Å². The standard InChI is InChI=1S/C22H18ClN3O3/c1-13-9-14-5-2-3-7-17(14)26(13)19(27)11-25-18-10-16(23)15-6-4-8-24-21(15)22(18)29-12-20(25)28/h2-8,10,13H,9,11-12H2,1H3. The molecule has 0 saturated carbocycles. The molecule has 5 rings (SSSR count). The molecule has 0 N–H and O–H groups in total. The lowest BCUT2D eigenvalue weighted by molar-refractivity contribution is -0.124. The summed E-state index contributed by atoms with van der Waals surface area (Å²) in [5, 5.41) is 1.21. The van der Waals surface area contributed by atoms with Crippen LogP contribution in [0.4, 0.5) is 11.4 Å². The molecule has 0 spiro atoms. The van der Waals surface area contributed by atoms with E-state index in [9.17, 15) is 9.59 Å². The van der Waals surface area contributed by atoms with Gasteiger partial charge in [-0.15, -0.1) is 0 Å². The zero-order valence-electron chi connectivity index (χ0n) is 15.8. The van der Waals surface area contributed by atoms with Crippen LogP contribution < -0.4 is 14.5 Å². The normalized spacial score (nSPS) is 17.9. The molecule has 1 aromatic heterocycles. The summed E-state index contributed by atoms with van der Waals surface area (Å²) in [5.74, 6) is 0.0606. The number of carbonyl (C=O) groups excluding carboxylic acids is 2. The molecule has 0 saturated heterocycles. The third kappa shape index (κ3) is 2.83. The minimum atomic E-state index is -0.280. The highest BCUT2D eigenvalue weighted by atomic mass is 35.5. The molecule has 0 bridgehead atoms. The first-order chi connectivity index (χ1) is 14.0. The van der Waals surface area contributed by atoms with Crippen molar-refractivity contribution in [3.8, 4) is 5.75 Å². The first-order valence-corrected chi connectivity index (χ1v) is 9.82. The van der Waals surface area contributed by atoms with Gasteiger partial charge in [-0.25, -0.2) is 0 Å². The molecule has 29 heavy (non-hydrogen) atoms. The number of nitrogens with zero attached hydrogens (tertiary/aromatic N) is 3. The number of hydrogen-bond acceptors (Lipinski definition) is 4. The second kappa shape index (κ2) is 6.74. The van der Waals surface area contributed by atoms with Crippen LogP contribution >= 0.6 is 11.6 Å². The maximum absolute atomic E-state index is 13.2. The van der Waals surface area contributed by atoms with Crippen LogP contribution in [-0.4, -0.2) is 36.0 Å². The number of anilines is 2. The molecular formula is C22H18ClN3O3. The van der Waals surface area contributed by atoms with Crippen LogP contribution in [0.5, 0.6) is 5.75 Å². The third-order valence-electron chi connectivity index (χ3n) is 5.48. The molecule has 2 aromatic carbocycles. The highest BCUT2D eigenvalue weighted by Crippen LogP contribution is 2.42. The van der Waals surface area contributed by atoms with Crippen molar-refractivity contribution in [3.63, 3.8) is 0 Å². The van der Waals surface area contributed by atoms with Crippen LogP contribution in [0.15, 0.2) is 48.7 Å². The molecule has 1 unspecified atom stereocenters. The summed E-state index contributed by atoms with van der Waals surface area (Å²) in [6, 6.07) is 13.2. The number of ether oxygens (including phenoxy) is 1. The Morgan fingerprint density at radius 1 is 1.24 bits per heavy atom. The smallest absolute Gasteiger partial charge is 0.265 e. The predicted molar refractivity (Wildman–Crippen MR) is 112 cm³/mol. The first-order valence-electron chi connectivity index (χ1n) is 9.45. The summed E-state index contributed by atoms with van der Waals surface area (Å²) >= 11 is 6.43. The van der Waals surface area contributed by atoms with Crippen LogP contribution in [-0.2, 0) is 16.0 Å². The van der Waals surface area contributed by atoms with Crippen LogP contribution in [0.2, 0.25) is 5.02 Å². The maximum Gasteiger partial charge on any atom is 0.265 e. The van der Waals surface area contributed by atoms with Gasteiger partial charge in [-0.1, -0.05) is 29.8 Å². The van der Waals surface area contributed by atoms with Crippen LogP contribution in [0.25, 0.3) is 10.9 Å². The zero-order chi connectivity index (χ0) is 20.1. The number of halogens is 1. The van der Waals surface area contributed by atoms with Gasteiger partial charge in [0.25, 0.3) is 5.91 Å². The van der Waals surface area contributed by atoms with E-state index in [0.29, 0.717) is 22.0 Å². The lowest BCUT2D eigenvalue weighted by atomic mass is 10.1. The number of hydrogen-bond donors (Lipinski definition) is 0. The number of amides is 2. The van der Waals surface area contributed by atoms with E-state index in [4.69, 9.17) is 16.3 Å². The molecular weight excluding hydrogens is 390 g/mol. The van der Waals surface area contributed by atoms with Crippen LogP contribution in [0.1, 0.15) is 12.5 Å². The van der Waals surface area contributed by atoms with E-state index in [-0.39, 0.29) is 31.0 Å². The Kier molecular flexibility index (Phi) is 4.17. The van der Waals surface area contributed by atoms with Crippen molar-refractivity contribution in [2.75, 3.05) is 23.0 Å². The van der Waals surface area contributed by atoms with Crippen molar-refractivity contribution in [1.82, 2.24) is 4.98 Å². The topological polar surface area (TPSA) is 62.7 Å². The van der Waals surface area contributed by atoms with Gasteiger partial charge < -0.3 is 9.64 Å². The van der Waals surface area contributed by atoms with Crippen molar-refractivity contribution >= 4 is 45.7 Å². The van der Waals surface area contributed by atoms with Gasteiger partial charge in [0.1, 0.15) is 12.1 Å². The zero-order valence-corrected chi connectivity index (χ0v) is 16.5. The van der Waals surface area contributed by atoms with Gasteiger partial charge in [0.2, 0.25) is 5.91 Å². The summed E-state index contributed by atoms with van der Waals surface area (Å²) in [4.78, 5) is 33.5. The summed E-state index contributed by atoms with van der Waals surface area (Å²) < 4.78 is 5.68. The van der Waals surface area contributed by atoms with Crippen molar-refractivity contribution < 1.29 is 14.3 Å². The van der Waals surface area contributed by atoms with Crippen LogP contribution in [0.3, 0.4) is 0 Å². The minimum Gasteiger partial charge on any atom is -0.479 e. The molecule has 6 nitrogen and oxygen atoms in total. The lowest BCUT2D eigenvalue weighted by Gasteiger charge is -2.32. The van der Waals surface area contributed by atoms with Crippen molar-refractivity contribution in [2.45, 2.75) is 19.4 Å². The monoisotopic (exact) mass is 407 g/mol. The summed E-state index contributed by atoms with van der Waals surface area (Å²) in [6.45, 7) is 1.80. The number of rotatable bonds is 2. The molecule has 2 aliphatic heterocycles. The molecule has 146 valence electrons. The average molecular weight is 408 g/mol. The van der Waals surface area contributed by atoms with Crippen LogP contribution in [0, 0.1) is 0 Å². The highest BCUT2D eigenvalue weighted by Gasteiger charge is 2.35. The second-order valence-electron chi connectivity index (χ2n) is 7.32. The number of pyridine rings is 1. The SMILES string of the molecule is CC1Cc2ccccc2N1C(=O)CN1C(=O)COc2c1cc(Cl)c1cccnc21. The fourth-order valence-electron chi connectivity index (χ4n) is 4.18. The van der Waals surface area contributed by atoms with Crippen molar-refractivity contribution in [1.29, 1.82) is 0 Å². The number of carbonyl (C=O) groups is 2. The first kappa shape index (κ1) is 17.9. The van der Waals surface area contributed by atoms with E-state index in [0.717, 1.165) is 23.1 Å². The van der Waals surface area contributed by atoms with E-state index >= 15 is 0 Å². The average Bonchev–Trinajstić information content (AvgIpc) is 3.06. The quantitative estimate of drug-likeness (QED) is 0.651. The summed E-state index contributed by atoms with van der Waals surface area (Å²) in [6.07, 6.45) is 2.45. The van der Waals surface area contributed by atoms with Gasteiger partial charge in [-0.2, -0.15) is 0 Å². The Bertz CT molecular complexity index is 1160. The fourth-order valence-corrected chi connectivity index (χ4v) is 4.44. The molecule has 0 radical (unpaired) electrons. The number of aromatic nitrogens is 1. The van der Waals surface area contributed by atoms with Gasteiger partial charge >= 0.3 is 0 Å². The molecule has 7 heteroatoms. The number of para-hydroxylation sites is 1. The highest BCUT2D eigenvalue weighted by molar-refractivity contribution is 6.36. The molecule has 2 aliphatic rings. The molecule has 0 fully saturated rings. The Balaban J connectivity index is 1.53. The summed E-state index contributed by atoms with van der Waals surface area (Å²) in [7, 11) is 0. The molecule has 3 aromatic rings. The van der Waals surface area contributed by atoms with Gasteiger partial charge in [0, 0.05) is 23.3 Å². The third-order valence-corrected chi connectivity index (χ3v) is 5.79. The predicted octanol–water partition coefficient (Wildman–Crippen LogP) is 3.59. The van der Waals surface area contributed by atoms with Gasteiger partial charge in [-0.05, 0) is 43.2 Å². The van der Waals surface area contributed by atoms with E-state index < -0.39 is 0 Å². The van der Waals surface area contributed by atoms with Crippen molar-refractivity contribution in [2.24, 2.45) is 0 Å². The minimum absolute atomic E-state index is 0.0392. The molecule has 0 aliphatic carbocycles. The maximum atomic E-state index is 13.2. The second-order valence-corrected chi connectivity index (χ2v) is 7.73. The molecule has 1 atom stereocenters. The van der Waals surface area contributed by atoms with E-state index in [1.807, 2.05) is 37.3 Å². The van der Waals surface area contributed by atoms with E-state index in [2.05, 4.69) is 4.98 Å².